The quantitative estimate of drug-likeness (QED) is 0.161. The predicted molar refractivity (Wildman–Crippen MR) is 245 cm³/mol. The summed E-state index contributed by atoms with van der Waals surface area (Å²) in [5.74, 6) is 1.49. The summed E-state index contributed by atoms with van der Waals surface area (Å²) >= 11 is 0. The summed E-state index contributed by atoms with van der Waals surface area (Å²) in [6, 6.07) is 60.1. The maximum absolute atomic E-state index is 7.09. The molecule has 1 fully saturated rings. The highest BCUT2D eigenvalue weighted by atomic mass is 16.3. The molecule has 2 unspecified atom stereocenters. The van der Waals surface area contributed by atoms with Gasteiger partial charge in [-0.25, -0.2) is 0 Å². The summed E-state index contributed by atoms with van der Waals surface area (Å²) < 4.78 is 7.09. The van der Waals surface area contributed by atoms with Crippen LogP contribution < -0.4 is 0 Å². The first kappa shape index (κ1) is 33.9. The molecule has 0 aliphatic heterocycles. The highest BCUT2D eigenvalue weighted by molar-refractivity contribution is 6.27. The molecule has 11 rings (SSSR count). The van der Waals surface area contributed by atoms with Crippen LogP contribution in [0.3, 0.4) is 0 Å². The monoisotopic (exact) mass is 732 g/mol. The Morgan fingerprint density at radius 2 is 0.982 bits per heavy atom. The number of hydrogen-bond acceptors (Lipinski definition) is 1. The Labute approximate surface area is 333 Å². The normalized spacial score (nSPS) is 16.8. The minimum absolute atomic E-state index is 0.722. The Kier molecular flexibility index (Phi) is 8.10. The number of rotatable bonds is 5. The fourth-order valence-corrected chi connectivity index (χ4v) is 10.5. The summed E-state index contributed by atoms with van der Waals surface area (Å²) in [5, 5.41) is 12.4. The molecule has 0 bridgehead atoms. The topological polar surface area (TPSA) is 13.1 Å². The summed E-state index contributed by atoms with van der Waals surface area (Å²) in [5.41, 5.74) is 12.1. The van der Waals surface area contributed by atoms with Crippen molar-refractivity contribution in [1.82, 2.24) is 0 Å². The van der Waals surface area contributed by atoms with Gasteiger partial charge in [0.05, 0.1) is 0 Å². The molecule has 1 nitrogen and oxygen atoms in total. The van der Waals surface area contributed by atoms with Gasteiger partial charge in [-0.3, -0.25) is 0 Å². The minimum atomic E-state index is 0.722. The van der Waals surface area contributed by atoms with Crippen molar-refractivity contribution >= 4 is 71.1 Å². The number of benzene rings is 9. The Bertz CT molecular complexity index is 3100. The SMILES string of the molecule is CCC1C/C(=C/c2c3ccccc3c(-c3cccc4c3oc3cccc(-c5c6ccccc6c(-c6ccccc6)c6ccccc56)c34)c3ccccc23)CC(C)C1. The van der Waals surface area contributed by atoms with Gasteiger partial charge < -0.3 is 4.42 Å². The van der Waals surface area contributed by atoms with Crippen LogP contribution in [0.15, 0.2) is 174 Å². The molecule has 1 aliphatic rings. The summed E-state index contributed by atoms with van der Waals surface area (Å²) in [6.07, 6.45) is 7.52. The summed E-state index contributed by atoms with van der Waals surface area (Å²) in [6.45, 7) is 4.78. The molecule has 2 atom stereocenters. The standard InChI is InChI=1S/C56H44O/c1-3-36-31-35(2)32-37(33-36)34-50-39-19-7-9-21-41(39)54(42-22-10-8-20-40(42)50)48-28-15-29-49-55-47(27-16-30-51(55)57-56(48)49)53-45-25-13-11-23-43(45)52(38-17-5-4-6-18-38)44-24-12-14-26-46(44)53/h4-30,34-36H,3,31-33H2,1-2H3/b37-34+. The molecule has 1 heterocycles. The van der Waals surface area contributed by atoms with Gasteiger partial charge in [0.15, 0.2) is 0 Å². The van der Waals surface area contributed by atoms with Gasteiger partial charge in [-0.2, -0.15) is 0 Å². The Morgan fingerprint density at radius 3 is 1.60 bits per heavy atom. The molecule has 0 spiro atoms. The van der Waals surface area contributed by atoms with Crippen LogP contribution in [0.5, 0.6) is 0 Å². The van der Waals surface area contributed by atoms with Crippen molar-refractivity contribution in [2.45, 2.75) is 39.5 Å². The number of para-hydroxylation sites is 1. The van der Waals surface area contributed by atoms with Gasteiger partial charge in [-0.1, -0.05) is 190 Å². The molecule has 0 radical (unpaired) electrons. The summed E-state index contributed by atoms with van der Waals surface area (Å²) in [7, 11) is 0. The first-order valence-corrected chi connectivity index (χ1v) is 20.7. The van der Waals surface area contributed by atoms with Gasteiger partial charge in [0.2, 0.25) is 0 Å². The van der Waals surface area contributed by atoms with Crippen LogP contribution in [0.4, 0.5) is 0 Å². The van der Waals surface area contributed by atoms with E-state index in [9.17, 15) is 0 Å². The number of hydrogen-bond donors (Lipinski definition) is 0. The molecule has 1 heteroatoms. The maximum atomic E-state index is 7.09. The van der Waals surface area contributed by atoms with E-state index in [4.69, 9.17) is 4.42 Å². The molecule has 274 valence electrons. The smallest absolute Gasteiger partial charge is 0.143 e. The molecule has 0 N–H and O–H groups in total. The highest BCUT2D eigenvalue weighted by Crippen LogP contribution is 2.49. The van der Waals surface area contributed by atoms with Crippen molar-refractivity contribution in [2.75, 3.05) is 0 Å². The van der Waals surface area contributed by atoms with E-state index in [-0.39, 0.29) is 0 Å². The third-order valence-electron chi connectivity index (χ3n) is 12.9. The third-order valence-corrected chi connectivity index (χ3v) is 12.9. The van der Waals surface area contributed by atoms with Crippen LogP contribution in [-0.4, -0.2) is 0 Å². The van der Waals surface area contributed by atoms with Crippen molar-refractivity contribution in [1.29, 1.82) is 0 Å². The van der Waals surface area contributed by atoms with Gasteiger partial charge in [-0.15, -0.1) is 0 Å². The van der Waals surface area contributed by atoms with E-state index in [2.05, 4.69) is 184 Å². The van der Waals surface area contributed by atoms with Gasteiger partial charge in [0.25, 0.3) is 0 Å². The largest absolute Gasteiger partial charge is 0.455 e. The van der Waals surface area contributed by atoms with Crippen LogP contribution in [0.2, 0.25) is 0 Å². The average molecular weight is 733 g/mol. The molecule has 10 aromatic rings. The molecule has 0 amide bonds. The van der Waals surface area contributed by atoms with Crippen LogP contribution in [0.25, 0.3) is 104 Å². The van der Waals surface area contributed by atoms with Crippen LogP contribution in [-0.2, 0) is 0 Å². The molecule has 9 aromatic carbocycles. The van der Waals surface area contributed by atoms with Crippen LogP contribution in [0, 0.1) is 11.8 Å². The van der Waals surface area contributed by atoms with Gasteiger partial charge in [0.1, 0.15) is 11.2 Å². The van der Waals surface area contributed by atoms with Crippen molar-refractivity contribution in [2.24, 2.45) is 11.8 Å². The van der Waals surface area contributed by atoms with Crippen molar-refractivity contribution < 1.29 is 4.42 Å². The predicted octanol–water partition coefficient (Wildman–Crippen LogP) is 16.4. The van der Waals surface area contributed by atoms with Gasteiger partial charge in [-0.05, 0) is 108 Å². The molecule has 1 saturated carbocycles. The fraction of sp³-hybridized carbons (Fsp3) is 0.143. The zero-order valence-corrected chi connectivity index (χ0v) is 32.6. The zero-order chi connectivity index (χ0) is 38.0. The lowest BCUT2D eigenvalue weighted by Gasteiger charge is -2.28. The Hall–Kier alpha value is -6.44. The third kappa shape index (κ3) is 5.44. The van der Waals surface area contributed by atoms with Gasteiger partial charge >= 0.3 is 0 Å². The second-order valence-corrected chi connectivity index (χ2v) is 16.4. The lowest BCUT2D eigenvalue weighted by Crippen LogP contribution is -2.14. The van der Waals surface area contributed by atoms with E-state index in [1.807, 2.05) is 0 Å². The van der Waals surface area contributed by atoms with Crippen molar-refractivity contribution in [3.63, 3.8) is 0 Å². The molecular formula is C56H44O. The second-order valence-electron chi connectivity index (χ2n) is 16.4. The van der Waals surface area contributed by atoms with E-state index < -0.39 is 0 Å². The molecule has 1 aromatic heterocycles. The second kappa shape index (κ2) is 13.6. The Morgan fingerprint density at radius 1 is 0.491 bits per heavy atom. The first-order chi connectivity index (χ1) is 28.2. The lowest BCUT2D eigenvalue weighted by molar-refractivity contribution is 0.330. The molecular weight excluding hydrogens is 689 g/mol. The number of fused-ring (bicyclic) bond motifs is 7. The Balaban J connectivity index is 1.19. The van der Waals surface area contributed by atoms with Crippen LogP contribution >= 0.6 is 0 Å². The van der Waals surface area contributed by atoms with E-state index >= 15 is 0 Å². The molecule has 1 aliphatic carbocycles. The molecule has 0 saturated heterocycles. The molecule has 57 heavy (non-hydrogen) atoms. The minimum Gasteiger partial charge on any atom is -0.455 e. The van der Waals surface area contributed by atoms with Crippen LogP contribution in [0.1, 0.15) is 45.1 Å². The van der Waals surface area contributed by atoms with Crippen molar-refractivity contribution in [3.8, 4) is 33.4 Å². The first-order valence-electron chi connectivity index (χ1n) is 20.7. The number of furan rings is 1. The summed E-state index contributed by atoms with van der Waals surface area (Å²) in [4.78, 5) is 0. The maximum Gasteiger partial charge on any atom is 0.143 e. The van der Waals surface area contributed by atoms with Gasteiger partial charge in [0, 0.05) is 21.9 Å². The highest BCUT2D eigenvalue weighted by Gasteiger charge is 2.25. The van der Waals surface area contributed by atoms with Crippen molar-refractivity contribution in [3.05, 3.63) is 175 Å². The zero-order valence-electron chi connectivity index (χ0n) is 32.6. The van der Waals surface area contributed by atoms with E-state index in [1.165, 1.54) is 102 Å². The van der Waals surface area contributed by atoms with E-state index in [1.54, 1.807) is 5.57 Å². The van der Waals surface area contributed by atoms with E-state index in [0.29, 0.717) is 0 Å². The van der Waals surface area contributed by atoms with E-state index in [0.717, 1.165) is 39.3 Å². The number of allylic oxidation sites excluding steroid dienone is 1. The lowest BCUT2D eigenvalue weighted by atomic mass is 9.77. The average Bonchev–Trinajstić information content (AvgIpc) is 3.65. The fourth-order valence-electron chi connectivity index (χ4n) is 10.5.